The molecule has 0 bridgehead atoms. The Hall–Kier alpha value is -0.930. The number of fused-ring (bicyclic) bond motifs is 1. The van der Waals surface area contributed by atoms with E-state index in [9.17, 15) is 4.39 Å². The number of nitrogens with zero attached hydrogens (tertiary/aromatic N) is 1. The van der Waals surface area contributed by atoms with E-state index in [4.69, 9.17) is 0 Å². The van der Waals surface area contributed by atoms with Crippen LogP contribution in [0, 0.1) is 17.7 Å². The van der Waals surface area contributed by atoms with E-state index in [1.807, 2.05) is 6.07 Å². The van der Waals surface area contributed by atoms with Crippen molar-refractivity contribution in [2.75, 3.05) is 26.2 Å². The molecule has 17 heavy (non-hydrogen) atoms. The van der Waals surface area contributed by atoms with Gasteiger partial charge in [0.15, 0.2) is 0 Å². The van der Waals surface area contributed by atoms with Crippen molar-refractivity contribution in [2.24, 2.45) is 11.8 Å². The number of hydrogen-bond donors (Lipinski definition) is 1. The third-order valence-corrected chi connectivity index (χ3v) is 4.08. The number of hydrogen-bond acceptors (Lipinski definition) is 2. The first-order valence-corrected chi connectivity index (χ1v) is 6.49. The highest BCUT2D eigenvalue weighted by atomic mass is 19.1. The lowest BCUT2D eigenvalue weighted by Gasteiger charge is -2.34. The van der Waals surface area contributed by atoms with Gasteiger partial charge in [-0.25, -0.2) is 4.39 Å². The maximum Gasteiger partial charge on any atom is 0.123 e. The van der Waals surface area contributed by atoms with Crippen LogP contribution in [-0.2, 0) is 6.54 Å². The smallest absolute Gasteiger partial charge is 0.123 e. The predicted molar refractivity (Wildman–Crippen MR) is 66.1 cm³/mol. The molecule has 0 amide bonds. The van der Waals surface area contributed by atoms with E-state index < -0.39 is 0 Å². The van der Waals surface area contributed by atoms with Crippen LogP contribution in [0.5, 0.6) is 0 Å². The lowest BCUT2D eigenvalue weighted by atomic mass is 9.88. The Morgan fingerprint density at radius 1 is 1.29 bits per heavy atom. The monoisotopic (exact) mass is 234 g/mol. The second kappa shape index (κ2) is 4.75. The van der Waals surface area contributed by atoms with Gasteiger partial charge >= 0.3 is 0 Å². The van der Waals surface area contributed by atoms with Gasteiger partial charge in [0.2, 0.25) is 0 Å². The summed E-state index contributed by atoms with van der Waals surface area (Å²) in [4.78, 5) is 2.46. The second-order valence-corrected chi connectivity index (χ2v) is 5.33. The van der Waals surface area contributed by atoms with E-state index in [0.717, 1.165) is 43.6 Å². The van der Waals surface area contributed by atoms with Gasteiger partial charge in [0, 0.05) is 13.1 Å². The van der Waals surface area contributed by atoms with Gasteiger partial charge in [-0.15, -0.1) is 0 Å². The zero-order chi connectivity index (χ0) is 11.7. The lowest BCUT2D eigenvalue weighted by Crippen LogP contribution is -2.39. The van der Waals surface area contributed by atoms with Crippen LogP contribution in [0.4, 0.5) is 4.39 Å². The molecule has 3 rings (SSSR count). The van der Waals surface area contributed by atoms with Crippen molar-refractivity contribution >= 4 is 0 Å². The maximum absolute atomic E-state index is 13.1. The van der Waals surface area contributed by atoms with E-state index in [1.165, 1.54) is 19.0 Å². The Morgan fingerprint density at radius 2 is 2.18 bits per heavy atom. The zero-order valence-electron chi connectivity index (χ0n) is 10.0. The molecule has 2 atom stereocenters. The van der Waals surface area contributed by atoms with E-state index in [1.54, 1.807) is 12.1 Å². The SMILES string of the molecule is Fc1cccc(CN2CCC3CNCC3C2)c1. The molecular weight excluding hydrogens is 215 g/mol. The average molecular weight is 234 g/mol. The van der Waals surface area contributed by atoms with Gasteiger partial charge in [-0.2, -0.15) is 0 Å². The van der Waals surface area contributed by atoms with Gasteiger partial charge in [0.25, 0.3) is 0 Å². The van der Waals surface area contributed by atoms with Crippen LogP contribution in [0.1, 0.15) is 12.0 Å². The summed E-state index contributed by atoms with van der Waals surface area (Å²) >= 11 is 0. The first kappa shape index (κ1) is 11.2. The van der Waals surface area contributed by atoms with Crippen molar-refractivity contribution < 1.29 is 4.39 Å². The molecule has 1 aromatic rings. The topological polar surface area (TPSA) is 15.3 Å². The predicted octanol–water partition coefficient (Wildman–Crippen LogP) is 1.87. The number of likely N-dealkylation sites (tertiary alicyclic amines) is 1. The van der Waals surface area contributed by atoms with E-state index >= 15 is 0 Å². The van der Waals surface area contributed by atoms with Crippen LogP contribution < -0.4 is 5.32 Å². The molecule has 0 radical (unpaired) electrons. The zero-order valence-corrected chi connectivity index (χ0v) is 10.0. The first-order valence-electron chi connectivity index (χ1n) is 6.49. The van der Waals surface area contributed by atoms with E-state index in [0.29, 0.717) is 0 Å². The Labute approximate surface area is 102 Å². The largest absolute Gasteiger partial charge is 0.316 e. The third-order valence-electron chi connectivity index (χ3n) is 4.08. The maximum atomic E-state index is 13.1. The molecule has 3 heteroatoms. The number of rotatable bonds is 2. The van der Waals surface area contributed by atoms with Crippen molar-refractivity contribution in [1.82, 2.24) is 10.2 Å². The summed E-state index contributed by atoms with van der Waals surface area (Å²) in [7, 11) is 0. The van der Waals surface area contributed by atoms with Crippen molar-refractivity contribution in [3.63, 3.8) is 0 Å². The van der Waals surface area contributed by atoms with E-state index in [-0.39, 0.29) is 5.82 Å². The standard InChI is InChI=1S/C14H19FN2/c15-14-3-1-2-11(6-14)9-17-5-4-12-7-16-8-13(12)10-17/h1-3,6,12-13,16H,4-5,7-10H2. The quantitative estimate of drug-likeness (QED) is 0.840. The summed E-state index contributed by atoms with van der Waals surface area (Å²) in [6.07, 6.45) is 1.28. The molecule has 0 aliphatic carbocycles. The summed E-state index contributed by atoms with van der Waals surface area (Å²) in [5.41, 5.74) is 1.09. The highest BCUT2D eigenvalue weighted by molar-refractivity contribution is 5.16. The number of nitrogens with one attached hydrogen (secondary N) is 1. The van der Waals surface area contributed by atoms with Crippen LogP contribution in [0.2, 0.25) is 0 Å². The molecule has 92 valence electrons. The summed E-state index contributed by atoms with van der Waals surface area (Å²) in [5.74, 6) is 1.55. The van der Waals surface area contributed by atoms with Crippen LogP contribution >= 0.6 is 0 Å². The molecule has 2 heterocycles. The van der Waals surface area contributed by atoms with Crippen molar-refractivity contribution in [1.29, 1.82) is 0 Å². The lowest BCUT2D eigenvalue weighted by molar-refractivity contribution is 0.142. The third kappa shape index (κ3) is 2.50. The summed E-state index contributed by atoms with van der Waals surface area (Å²) in [5, 5.41) is 3.47. The number of halogens is 1. The second-order valence-electron chi connectivity index (χ2n) is 5.33. The summed E-state index contributed by atoms with van der Waals surface area (Å²) < 4.78 is 13.1. The number of piperidine rings is 1. The molecule has 1 aromatic carbocycles. The van der Waals surface area contributed by atoms with Gasteiger partial charge in [0.1, 0.15) is 5.82 Å². The minimum atomic E-state index is -0.125. The Bertz CT molecular complexity index is 394. The summed E-state index contributed by atoms with van der Waals surface area (Å²) in [6.45, 7) is 5.55. The van der Waals surface area contributed by atoms with Crippen molar-refractivity contribution in [3.05, 3.63) is 35.6 Å². The van der Waals surface area contributed by atoms with Crippen molar-refractivity contribution in [2.45, 2.75) is 13.0 Å². The van der Waals surface area contributed by atoms with Crippen LogP contribution in [0.25, 0.3) is 0 Å². The molecule has 0 saturated carbocycles. The van der Waals surface area contributed by atoms with Crippen LogP contribution in [0.15, 0.2) is 24.3 Å². The highest BCUT2D eigenvalue weighted by Gasteiger charge is 2.32. The fourth-order valence-electron chi connectivity index (χ4n) is 3.15. The molecule has 2 unspecified atom stereocenters. The van der Waals surface area contributed by atoms with E-state index in [2.05, 4.69) is 10.2 Å². The average Bonchev–Trinajstić information content (AvgIpc) is 2.76. The summed E-state index contributed by atoms with van der Waals surface area (Å²) in [6, 6.07) is 6.98. The number of benzene rings is 1. The van der Waals surface area contributed by atoms with Gasteiger partial charge in [-0.3, -0.25) is 4.90 Å². The Kier molecular flexibility index (Phi) is 3.12. The van der Waals surface area contributed by atoms with Crippen LogP contribution in [0.3, 0.4) is 0 Å². The molecule has 0 aromatic heterocycles. The highest BCUT2D eigenvalue weighted by Crippen LogP contribution is 2.27. The van der Waals surface area contributed by atoms with Gasteiger partial charge in [-0.1, -0.05) is 12.1 Å². The molecule has 2 fully saturated rings. The van der Waals surface area contributed by atoms with Crippen LogP contribution in [-0.4, -0.2) is 31.1 Å². The van der Waals surface area contributed by atoms with Crippen molar-refractivity contribution in [3.8, 4) is 0 Å². The minimum absolute atomic E-state index is 0.125. The molecule has 1 N–H and O–H groups in total. The fraction of sp³-hybridized carbons (Fsp3) is 0.571. The molecule has 2 aliphatic rings. The molecule has 2 aliphatic heterocycles. The van der Waals surface area contributed by atoms with Gasteiger partial charge in [-0.05, 0) is 55.6 Å². The normalized spacial score (nSPS) is 29.2. The van der Waals surface area contributed by atoms with Gasteiger partial charge < -0.3 is 5.32 Å². The first-order chi connectivity index (χ1) is 8.31. The Balaban J connectivity index is 1.62. The molecular formula is C14H19FN2. The molecule has 0 spiro atoms. The van der Waals surface area contributed by atoms with Gasteiger partial charge in [0.05, 0.1) is 0 Å². The minimum Gasteiger partial charge on any atom is -0.316 e. The molecule has 2 nitrogen and oxygen atoms in total. The fourth-order valence-corrected chi connectivity index (χ4v) is 3.15. The Morgan fingerprint density at radius 3 is 3.06 bits per heavy atom. The molecule has 2 saturated heterocycles.